The summed E-state index contributed by atoms with van der Waals surface area (Å²) in [6.07, 6.45) is 1.75. The van der Waals surface area contributed by atoms with Gasteiger partial charge in [-0.2, -0.15) is 0 Å². The van der Waals surface area contributed by atoms with Gasteiger partial charge in [0.1, 0.15) is 18.1 Å². The first-order valence-corrected chi connectivity index (χ1v) is 7.34. The summed E-state index contributed by atoms with van der Waals surface area (Å²) in [7, 11) is 0. The third-order valence-corrected chi connectivity index (χ3v) is 3.16. The van der Waals surface area contributed by atoms with Crippen molar-refractivity contribution in [2.24, 2.45) is 5.92 Å². The zero-order chi connectivity index (χ0) is 14.8. The summed E-state index contributed by atoms with van der Waals surface area (Å²) in [6, 6.07) is 7.49. The molecule has 0 radical (unpaired) electrons. The van der Waals surface area contributed by atoms with Gasteiger partial charge in [-0.15, -0.1) is 0 Å². The van der Waals surface area contributed by atoms with Crippen molar-refractivity contribution in [3.8, 4) is 11.5 Å². The molecule has 1 rings (SSSR count). The van der Waals surface area contributed by atoms with Gasteiger partial charge in [0.2, 0.25) is 5.91 Å². The van der Waals surface area contributed by atoms with Gasteiger partial charge >= 0.3 is 0 Å². The standard InChI is InChI=1S/C16H25NO3/c1-4-13(5-2)16(18)17-11-12-20-15-9-7-14(8-10-15)19-6-3/h7-10,13H,4-6,11-12H2,1-3H3,(H,17,18). The van der Waals surface area contributed by atoms with Crippen molar-refractivity contribution in [3.63, 3.8) is 0 Å². The van der Waals surface area contributed by atoms with Crippen molar-refractivity contribution in [1.29, 1.82) is 0 Å². The second kappa shape index (κ2) is 9.23. The Kier molecular flexibility index (Phi) is 7.55. The fourth-order valence-electron chi connectivity index (χ4n) is 1.95. The summed E-state index contributed by atoms with van der Waals surface area (Å²) in [5.74, 6) is 1.85. The lowest BCUT2D eigenvalue weighted by Crippen LogP contribution is -2.33. The topological polar surface area (TPSA) is 47.6 Å². The smallest absolute Gasteiger partial charge is 0.223 e. The van der Waals surface area contributed by atoms with Gasteiger partial charge in [-0.25, -0.2) is 0 Å². The van der Waals surface area contributed by atoms with E-state index in [9.17, 15) is 4.79 Å². The van der Waals surface area contributed by atoms with Gasteiger partial charge in [-0.1, -0.05) is 13.8 Å². The van der Waals surface area contributed by atoms with Crippen LogP contribution in [-0.2, 0) is 4.79 Å². The Morgan fingerprint density at radius 2 is 1.60 bits per heavy atom. The van der Waals surface area contributed by atoms with Crippen LogP contribution in [0.3, 0.4) is 0 Å². The van der Waals surface area contributed by atoms with Crippen molar-refractivity contribution in [3.05, 3.63) is 24.3 Å². The van der Waals surface area contributed by atoms with E-state index in [1.807, 2.05) is 45.0 Å². The van der Waals surface area contributed by atoms with Crippen LogP contribution in [0.15, 0.2) is 24.3 Å². The lowest BCUT2D eigenvalue weighted by molar-refractivity contribution is -0.125. The summed E-state index contributed by atoms with van der Waals surface area (Å²) in [4.78, 5) is 11.8. The normalized spacial score (nSPS) is 10.4. The highest BCUT2D eigenvalue weighted by Crippen LogP contribution is 2.17. The van der Waals surface area contributed by atoms with Crippen molar-refractivity contribution in [2.45, 2.75) is 33.6 Å². The lowest BCUT2D eigenvalue weighted by atomic mass is 10.0. The van der Waals surface area contributed by atoms with Gasteiger partial charge < -0.3 is 14.8 Å². The van der Waals surface area contributed by atoms with Crippen LogP contribution < -0.4 is 14.8 Å². The molecule has 1 aromatic rings. The first-order chi connectivity index (χ1) is 9.71. The first kappa shape index (κ1) is 16.3. The summed E-state index contributed by atoms with van der Waals surface area (Å²) in [5, 5.41) is 2.90. The van der Waals surface area contributed by atoms with E-state index in [0.717, 1.165) is 24.3 Å². The van der Waals surface area contributed by atoms with Crippen LogP contribution in [0.1, 0.15) is 33.6 Å². The predicted molar refractivity (Wildman–Crippen MR) is 80.2 cm³/mol. The van der Waals surface area contributed by atoms with E-state index in [4.69, 9.17) is 9.47 Å². The maximum Gasteiger partial charge on any atom is 0.223 e. The average molecular weight is 279 g/mol. The Bertz CT molecular complexity index is 385. The van der Waals surface area contributed by atoms with Gasteiger partial charge in [-0.05, 0) is 44.0 Å². The molecule has 0 atom stereocenters. The average Bonchev–Trinajstić information content (AvgIpc) is 2.47. The van der Waals surface area contributed by atoms with Crippen LogP contribution in [0.5, 0.6) is 11.5 Å². The Labute approximate surface area is 121 Å². The molecule has 1 N–H and O–H groups in total. The zero-order valence-electron chi connectivity index (χ0n) is 12.6. The fraction of sp³-hybridized carbons (Fsp3) is 0.562. The maximum atomic E-state index is 11.8. The molecule has 20 heavy (non-hydrogen) atoms. The number of carbonyl (C=O) groups excluding carboxylic acids is 1. The predicted octanol–water partition coefficient (Wildman–Crippen LogP) is 3.02. The highest BCUT2D eigenvalue weighted by molar-refractivity contribution is 5.78. The van der Waals surface area contributed by atoms with Gasteiger partial charge in [0.05, 0.1) is 13.2 Å². The fourth-order valence-corrected chi connectivity index (χ4v) is 1.95. The molecule has 0 spiro atoms. The van der Waals surface area contributed by atoms with Gasteiger partial charge in [-0.3, -0.25) is 4.79 Å². The Morgan fingerprint density at radius 3 is 2.10 bits per heavy atom. The van der Waals surface area contributed by atoms with E-state index in [1.54, 1.807) is 0 Å². The van der Waals surface area contributed by atoms with Crippen molar-refractivity contribution >= 4 is 5.91 Å². The Balaban J connectivity index is 2.25. The number of carbonyl (C=O) groups is 1. The lowest BCUT2D eigenvalue weighted by Gasteiger charge is -2.13. The molecule has 0 aliphatic rings. The largest absolute Gasteiger partial charge is 0.494 e. The minimum atomic E-state index is 0.112. The molecule has 0 aliphatic heterocycles. The zero-order valence-corrected chi connectivity index (χ0v) is 12.6. The highest BCUT2D eigenvalue weighted by atomic mass is 16.5. The number of ether oxygens (including phenoxy) is 2. The van der Waals surface area contributed by atoms with Crippen LogP contribution in [0.2, 0.25) is 0 Å². The molecule has 0 heterocycles. The third-order valence-electron chi connectivity index (χ3n) is 3.16. The minimum Gasteiger partial charge on any atom is -0.494 e. The molecule has 4 nitrogen and oxygen atoms in total. The molecule has 1 amide bonds. The number of amides is 1. The minimum absolute atomic E-state index is 0.112. The molecule has 0 saturated heterocycles. The monoisotopic (exact) mass is 279 g/mol. The van der Waals surface area contributed by atoms with Crippen LogP contribution in [-0.4, -0.2) is 25.7 Å². The molecule has 0 fully saturated rings. The van der Waals surface area contributed by atoms with Crippen molar-refractivity contribution in [1.82, 2.24) is 5.32 Å². The van der Waals surface area contributed by atoms with E-state index in [-0.39, 0.29) is 11.8 Å². The third kappa shape index (κ3) is 5.51. The van der Waals surface area contributed by atoms with Crippen molar-refractivity contribution < 1.29 is 14.3 Å². The Hall–Kier alpha value is -1.71. The summed E-state index contributed by atoms with van der Waals surface area (Å²) >= 11 is 0. The van der Waals surface area contributed by atoms with Crippen molar-refractivity contribution in [2.75, 3.05) is 19.8 Å². The van der Waals surface area contributed by atoms with E-state index >= 15 is 0 Å². The molecule has 1 aromatic carbocycles. The molecule has 112 valence electrons. The summed E-state index contributed by atoms with van der Waals surface area (Å²) in [5.41, 5.74) is 0. The highest BCUT2D eigenvalue weighted by Gasteiger charge is 2.12. The molecule has 4 heteroatoms. The van der Waals surface area contributed by atoms with E-state index < -0.39 is 0 Å². The molecule has 0 aliphatic carbocycles. The molecule has 0 saturated carbocycles. The van der Waals surface area contributed by atoms with E-state index in [0.29, 0.717) is 19.8 Å². The molecule has 0 aromatic heterocycles. The summed E-state index contributed by atoms with van der Waals surface area (Å²) < 4.78 is 10.9. The SMILES string of the molecule is CCOc1ccc(OCCNC(=O)C(CC)CC)cc1. The van der Waals surface area contributed by atoms with Crippen LogP contribution in [0.4, 0.5) is 0 Å². The number of nitrogens with one attached hydrogen (secondary N) is 1. The van der Waals surface area contributed by atoms with Crippen LogP contribution in [0.25, 0.3) is 0 Å². The molecule has 0 unspecified atom stereocenters. The number of hydrogen-bond acceptors (Lipinski definition) is 3. The Morgan fingerprint density at radius 1 is 1.05 bits per heavy atom. The van der Waals surface area contributed by atoms with Crippen LogP contribution >= 0.6 is 0 Å². The molecular weight excluding hydrogens is 254 g/mol. The second-order valence-corrected chi connectivity index (χ2v) is 4.56. The maximum absolute atomic E-state index is 11.8. The van der Waals surface area contributed by atoms with Gasteiger partial charge in [0.25, 0.3) is 0 Å². The second-order valence-electron chi connectivity index (χ2n) is 4.56. The van der Waals surface area contributed by atoms with Crippen LogP contribution in [0, 0.1) is 5.92 Å². The number of benzene rings is 1. The van der Waals surface area contributed by atoms with Gasteiger partial charge in [0, 0.05) is 5.92 Å². The van der Waals surface area contributed by atoms with E-state index in [2.05, 4.69) is 5.32 Å². The quantitative estimate of drug-likeness (QED) is 0.707. The van der Waals surface area contributed by atoms with E-state index in [1.165, 1.54) is 0 Å². The summed E-state index contributed by atoms with van der Waals surface area (Å²) in [6.45, 7) is 7.67. The number of rotatable bonds is 9. The molecule has 0 bridgehead atoms. The molecular formula is C16H25NO3. The number of hydrogen-bond donors (Lipinski definition) is 1. The first-order valence-electron chi connectivity index (χ1n) is 7.34. The van der Waals surface area contributed by atoms with Gasteiger partial charge in [0.15, 0.2) is 0 Å².